The molecule has 0 radical (unpaired) electrons. The van der Waals surface area contributed by atoms with Crippen LogP contribution in [0.5, 0.6) is 0 Å². The summed E-state index contributed by atoms with van der Waals surface area (Å²) < 4.78 is 0. The molecule has 0 aromatic heterocycles. The van der Waals surface area contributed by atoms with Crippen LogP contribution in [-0.2, 0) is 0 Å². The highest BCUT2D eigenvalue weighted by Crippen LogP contribution is 2.06. The highest BCUT2D eigenvalue weighted by molar-refractivity contribution is 4.70. The van der Waals surface area contributed by atoms with E-state index in [9.17, 15) is 0 Å². The summed E-state index contributed by atoms with van der Waals surface area (Å²) in [4.78, 5) is 0. The van der Waals surface area contributed by atoms with Crippen molar-refractivity contribution in [1.82, 2.24) is 5.32 Å². The Morgan fingerprint density at radius 1 is 1.14 bits per heavy atom. The zero-order valence-electron chi connectivity index (χ0n) is 10.1. The number of hydrogen-bond acceptors (Lipinski definition) is 2. The maximum absolute atomic E-state index is 8.72. The maximum Gasteiger partial charge on any atom is 0.0431 e. The quantitative estimate of drug-likeness (QED) is 0.601. The molecule has 0 aliphatic carbocycles. The van der Waals surface area contributed by atoms with Crippen molar-refractivity contribution in [2.45, 2.75) is 71.4 Å². The lowest BCUT2D eigenvalue weighted by molar-refractivity contribution is 0.272. The Morgan fingerprint density at radius 3 is 2.36 bits per heavy atom. The van der Waals surface area contributed by atoms with Crippen molar-refractivity contribution < 1.29 is 5.11 Å². The molecule has 2 nitrogen and oxygen atoms in total. The molecule has 2 heteroatoms. The molecule has 2 atom stereocenters. The lowest BCUT2D eigenvalue weighted by atomic mass is 10.1. The minimum atomic E-state index is 0.317. The van der Waals surface area contributed by atoms with E-state index in [0.29, 0.717) is 18.7 Å². The molecule has 0 saturated carbocycles. The van der Waals surface area contributed by atoms with Crippen LogP contribution >= 0.6 is 0 Å². The van der Waals surface area contributed by atoms with Gasteiger partial charge in [-0.1, -0.05) is 26.7 Å². The van der Waals surface area contributed by atoms with Crippen LogP contribution in [-0.4, -0.2) is 23.8 Å². The van der Waals surface area contributed by atoms with Crippen LogP contribution in [0.2, 0.25) is 0 Å². The van der Waals surface area contributed by atoms with Gasteiger partial charge in [0.05, 0.1) is 0 Å². The van der Waals surface area contributed by atoms with Crippen molar-refractivity contribution in [3.05, 3.63) is 0 Å². The van der Waals surface area contributed by atoms with Gasteiger partial charge >= 0.3 is 0 Å². The fourth-order valence-electron chi connectivity index (χ4n) is 1.74. The summed E-state index contributed by atoms with van der Waals surface area (Å²) in [6, 6.07) is 1.22. The zero-order chi connectivity index (χ0) is 10.8. The molecule has 0 fully saturated rings. The van der Waals surface area contributed by atoms with Gasteiger partial charge in [-0.05, 0) is 32.6 Å². The van der Waals surface area contributed by atoms with E-state index in [2.05, 4.69) is 26.1 Å². The van der Waals surface area contributed by atoms with Crippen LogP contribution in [0.25, 0.3) is 0 Å². The third-order valence-electron chi connectivity index (χ3n) is 2.71. The highest BCUT2D eigenvalue weighted by atomic mass is 16.2. The second-order valence-corrected chi connectivity index (χ2v) is 4.18. The summed E-state index contributed by atoms with van der Waals surface area (Å²) in [5.41, 5.74) is 0. The Balaban J connectivity index is 3.57. The number of aliphatic hydroxyl groups is 1. The standard InChI is InChI=1S/C12H27NO/c1-4-6-9-12(5-2)13-11(3)8-7-10-14/h11-14H,4-10H2,1-3H3. The molecule has 0 aliphatic rings. The van der Waals surface area contributed by atoms with Crippen LogP contribution in [0.15, 0.2) is 0 Å². The monoisotopic (exact) mass is 201 g/mol. The van der Waals surface area contributed by atoms with E-state index < -0.39 is 0 Å². The minimum absolute atomic E-state index is 0.317. The van der Waals surface area contributed by atoms with E-state index in [-0.39, 0.29) is 0 Å². The Hall–Kier alpha value is -0.0800. The van der Waals surface area contributed by atoms with Gasteiger partial charge in [0.15, 0.2) is 0 Å². The van der Waals surface area contributed by atoms with Crippen molar-refractivity contribution in [1.29, 1.82) is 0 Å². The Bertz CT molecular complexity index is 117. The van der Waals surface area contributed by atoms with Gasteiger partial charge in [0, 0.05) is 18.7 Å². The van der Waals surface area contributed by atoms with E-state index in [1.165, 1.54) is 25.7 Å². The van der Waals surface area contributed by atoms with Gasteiger partial charge in [-0.2, -0.15) is 0 Å². The van der Waals surface area contributed by atoms with Crippen molar-refractivity contribution in [2.75, 3.05) is 6.61 Å². The third kappa shape index (κ3) is 7.34. The van der Waals surface area contributed by atoms with E-state index >= 15 is 0 Å². The largest absolute Gasteiger partial charge is 0.396 e. The highest BCUT2D eigenvalue weighted by Gasteiger charge is 2.08. The average Bonchev–Trinajstić information content (AvgIpc) is 2.21. The van der Waals surface area contributed by atoms with Crippen molar-refractivity contribution >= 4 is 0 Å². The first-order chi connectivity index (χ1) is 6.74. The summed E-state index contributed by atoms with van der Waals surface area (Å²) in [5.74, 6) is 0. The Labute approximate surface area is 89.1 Å². The molecule has 0 saturated heterocycles. The predicted octanol–water partition coefficient (Wildman–Crippen LogP) is 2.71. The first kappa shape index (κ1) is 13.9. The summed E-state index contributed by atoms with van der Waals surface area (Å²) in [6.07, 6.45) is 7.10. The first-order valence-electron chi connectivity index (χ1n) is 6.11. The minimum Gasteiger partial charge on any atom is -0.396 e. The fourth-order valence-corrected chi connectivity index (χ4v) is 1.74. The normalized spacial score (nSPS) is 15.4. The van der Waals surface area contributed by atoms with Crippen LogP contribution in [0.4, 0.5) is 0 Å². The van der Waals surface area contributed by atoms with Crippen LogP contribution < -0.4 is 5.32 Å². The molecule has 2 N–H and O–H groups in total. The van der Waals surface area contributed by atoms with E-state index in [1.807, 2.05) is 0 Å². The third-order valence-corrected chi connectivity index (χ3v) is 2.71. The molecule has 86 valence electrons. The molecule has 2 unspecified atom stereocenters. The zero-order valence-corrected chi connectivity index (χ0v) is 10.1. The maximum atomic E-state index is 8.72. The van der Waals surface area contributed by atoms with E-state index in [4.69, 9.17) is 5.11 Å². The topological polar surface area (TPSA) is 32.3 Å². The van der Waals surface area contributed by atoms with Gasteiger partial charge < -0.3 is 10.4 Å². The van der Waals surface area contributed by atoms with Crippen LogP contribution in [0.3, 0.4) is 0 Å². The Kier molecular flexibility index (Phi) is 9.42. The molecule has 14 heavy (non-hydrogen) atoms. The average molecular weight is 201 g/mol. The molecule has 0 aliphatic heterocycles. The van der Waals surface area contributed by atoms with E-state index in [0.717, 1.165) is 12.8 Å². The number of rotatable bonds is 9. The molecule has 0 amide bonds. The summed E-state index contributed by atoms with van der Waals surface area (Å²) in [6.45, 7) is 7.01. The number of aliphatic hydroxyl groups excluding tert-OH is 1. The van der Waals surface area contributed by atoms with Gasteiger partial charge in [-0.3, -0.25) is 0 Å². The van der Waals surface area contributed by atoms with Gasteiger partial charge in [0.2, 0.25) is 0 Å². The SMILES string of the molecule is CCCCC(CC)NC(C)CCCO. The molecule has 0 bridgehead atoms. The molecule has 0 aromatic carbocycles. The van der Waals surface area contributed by atoms with Gasteiger partial charge in [-0.25, -0.2) is 0 Å². The fraction of sp³-hybridized carbons (Fsp3) is 1.00. The molecular formula is C12H27NO. The number of unbranched alkanes of at least 4 members (excludes halogenated alkanes) is 1. The second kappa shape index (κ2) is 9.47. The van der Waals surface area contributed by atoms with Gasteiger partial charge in [-0.15, -0.1) is 0 Å². The van der Waals surface area contributed by atoms with Crippen molar-refractivity contribution in [2.24, 2.45) is 0 Å². The molecule has 0 heterocycles. The lowest BCUT2D eigenvalue weighted by Crippen LogP contribution is -2.36. The first-order valence-corrected chi connectivity index (χ1v) is 6.11. The molecule has 0 aromatic rings. The van der Waals surface area contributed by atoms with Crippen molar-refractivity contribution in [3.8, 4) is 0 Å². The lowest BCUT2D eigenvalue weighted by Gasteiger charge is -2.22. The number of nitrogens with one attached hydrogen (secondary N) is 1. The molecular weight excluding hydrogens is 174 g/mol. The Morgan fingerprint density at radius 2 is 1.86 bits per heavy atom. The molecule has 0 rings (SSSR count). The summed E-state index contributed by atoms with van der Waals surface area (Å²) in [5, 5.41) is 12.3. The summed E-state index contributed by atoms with van der Waals surface area (Å²) >= 11 is 0. The van der Waals surface area contributed by atoms with E-state index in [1.54, 1.807) is 0 Å². The summed E-state index contributed by atoms with van der Waals surface area (Å²) in [7, 11) is 0. The van der Waals surface area contributed by atoms with Crippen molar-refractivity contribution in [3.63, 3.8) is 0 Å². The predicted molar refractivity (Wildman–Crippen MR) is 62.5 cm³/mol. The number of hydrogen-bond donors (Lipinski definition) is 2. The van der Waals surface area contributed by atoms with Crippen LogP contribution in [0.1, 0.15) is 59.3 Å². The second-order valence-electron chi connectivity index (χ2n) is 4.18. The van der Waals surface area contributed by atoms with Gasteiger partial charge in [0.25, 0.3) is 0 Å². The smallest absolute Gasteiger partial charge is 0.0431 e. The molecule has 0 spiro atoms. The van der Waals surface area contributed by atoms with Gasteiger partial charge in [0.1, 0.15) is 0 Å². The van der Waals surface area contributed by atoms with Crippen LogP contribution in [0, 0.1) is 0 Å².